The third kappa shape index (κ3) is 3.81. The van der Waals surface area contributed by atoms with Gasteiger partial charge >= 0.3 is 0 Å². The highest BCUT2D eigenvalue weighted by molar-refractivity contribution is 5.53. The molecular weight excluding hydrogens is 347 g/mol. The van der Waals surface area contributed by atoms with Gasteiger partial charge in [-0.3, -0.25) is 9.59 Å². The molecule has 2 heterocycles. The van der Waals surface area contributed by atoms with Gasteiger partial charge in [0.15, 0.2) is 0 Å². The highest BCUT2D eigenvalue weighted by Gasteiger charge is 2.19. The summed E-state index contributed by atoms with van der Waals surface area (Å²) in [6.07, 6.45) is 4.54. The Labute approximate surface area is 154 Å². The third-order valence-electron chi connectivity index (χ3n) is 4.29. The van der Waals surface area contributed by atoms with Gasteiger partial charge in [-0.2, -0.15) is 0 Å². The van der Waals surface area contributed by atoms with Gasteiger partial charge in [0.1, 0.15) is 16.5 Å². The molecular formula is C20H21FN4O2. The molecule has 2 aromatic heterocycles. The highest BCUT2D eigenvalue weighted by atomic mass is 19.1. The maximum atomic E-state index is 13.7. The molecule has 0 radical (unpaired) electrons. The van der Waals surface area contributed by atoms with E-state index in [1.54, 1.807) is 25.4 Å². The van der Waals surface area contributed by atoms with Crippen LogP contribution in [0.25, 0.3) is 12.2 Å². The summed E-state index contributed by atoms with van der Waals surface area (Å²) in [6.45, 7) is 7.67. The second-order valence-corrected chi connectivity index (χ2v) is 7.39. The lowest BCUT2D eigenvalue weighted by atomic mass is 9.90. The van der Waals surface area contributed by atoms with E-state index in [9.17, 15) is 14.0 Å². The quantitative estimate of drug-likeness (QED) is 0.634. The molecule has 0 bridgehead atoms. The molecule has 0 atom stereocenters. The van der Waals surface area contributed by atoms with E-state index in [0.717, 1.165) is 5.69 Å². The number of aromatic amines is 3. The van der Waals surface area contributed by atoms with Gasteiger partial charge in [0, 0.05) is 11.1 Å². The van der Waals surface area contributed by atoms with Crippen LogP contribution in [0.5, 0.6) is 0 Å². The summed E-state index contributed by atoms with van der Waals surface area (Å²) in [5.74, 6) is -0.374. The van der Waals surface area contributed by atoms with Crippen molar-refractivity contribution in [3.8, 4) is 0 Å². The summed E-state index contributed by atoms with van der Waals surface area (Å²) < 4.78 is 13.7. The van der Waals surface area contributed by atoms with Gasteiger partial charge in [-0.1, -0.05) is 32.9 Å². The Hall–Kier alpha value is -3.22. The summed E-state index contributed by atoms with van der Waals surface area (Å²) in [7, 11) is 0. The smallest absolute Gasteiger partial charge is 0.272 e. The number of aromatic nitrogens is 4. The molecule has 6 nitrogen and oxygen atoms in total. The lowest BCUT2D eigenvalue weighted by Gasteiger charge is -2.16. The van der Waals surface area contributed by atoms with Crippen LogP contribution in [0.3, 0.4) is 0 Å². The first kappa shape index (κ1) is 18.6. The van der Waals surface area contributed by atoms with Crippen LogP contribution < -0.4 is 21.8 Å². The molecule has 0 aliphatic carbocycles. The number of hydrogen-bond donors (Lipinski definition) is 3. The van der Waals surface area contributed by atoms with Crippen molar-refractivity contribution < 1.29 is 4.39 Å². The Bertz CT molecular complexity index is 1230. The fraction of sp³-hybridized carbons (Fsp3) is 0.250. The maximum Gasteiger partial charge on any atom is 0.272 e. The van der Waals surface area contributed by atoms with Crippen molar-refractivity contribution in [3.63, 3.8) is 0 Å². The minimum atomic E-state index is -0.475. The van der Waals surface area contributed by atoms with E-state index in [2.05, 4.69) is 19.9 Å². The SMILES string of the molecule is Cc1c(F)cccc1C=c1[nH]c(=O)c(=Cc2nc[nH]c2C(C)(C)C)[nH]c1=O. The van der Waals surface area contributed by atoms with Crippen LogP contribution >= 0.6 is 0 Å². The molecule has 0 spiro atoms. The molecule has 3 rings (SSSR count). The molecule has 27 heavy (non-hydrogen) atoms. The fourth-order valence-corrected chi connectivity index (χ4v) is 2.78. The predicted molar refractivity (Wildman–Crippen MR) is 102 cm³/mol. The third-order valence-corrected chi connectivity index (χ3v) is 4.29. The second-order valence-electron chi connectivity index (χ2n) is 7.39. The van der Waals surface area contributed by atoms with E-state index >= 15 is 0 Å². The lowest BCUT2D eigenvalue weighted by Crippen LogP contribution is -2.46. The van der Waals surface area contributed by atoms with Crippen molar-refractivity contribution in [2.24, 2.45) is 0 Å². The summed E-state index contributed by atoms with van der Waals surface area (Å²) >= 11 is 0. The summed E-state index contributed by atoms with van der Waals surface area (Å²) in [4.78, 5) is 37.3. The highest BCUT2D eigenvalue weighted by Crippen LogP contribution is 2.22. The number of halogens is 1. The van der Waals surface area contributed by atoms with Crippen molar-refractivity contribution in [3.05, 3.63) is 84.3 Å². The van der Waals surface area contributed by atoms with Crippen LogP contribution in [-0.2, 0) is 5.41 Å². The van der Waals surface area contributed by atoms with E-state index in [-0.39, 0.29) is 21.9 Å². The van der Waals surface area contributed by atoms with Crippen molar-refractivity contribution in [1.29, 1.82) is 0 Å². The Kier molecular flexibility index (Phi) is 4.70. The number of H-pyrrole nitrogens is 3. The minimum Gasteiger partial charge on any atom is -0.348 e. The fourth-order valence-electron chi connectivity index (χ4n) is 2.78. The zero-order valence-corrected chi connectivity index (χ0v) is 15.6. The van der Waals surface area contributed by atoms with Gasteiger partial charge in [-0.05, 0) is 36.3 Å². The Morgan fingerprint density at radius 1 is 1.04 bits per heavy atom. The van der Waals surface area contributed by atoms with Gasteiger partial charge in [-0.25, -0.2) is 9.37 Å². The van der Waals surface area contributed by atoms with Crippen LogP contribution in [-0.4, -0.2) is 19.9 Å². The van der Waals surface area contributed by atoms with E-state index in [4.69, 9.17) is 0 Å². The molecule has 0 amide bonds. The number of imidazole rings is 1. The van der Waals surface area contributed by atoms with E-state index < -0.39 is 11.1 Å². The van der Waals surface area contributed by atoms with Crippen LogP contribution in [0.2, 0.25) is 0 Å². The summed E-state index contributed by atoms with van der Waals surface area (Å²) in [6, 6.07) is 4.57. The Morgan fingerprint density at radius 3 is 2.30 bits per heavy atom. The van der Waals surface area contributed by atoms with Crippen LogP contribution in [0.4, 0.5) is 4.39 Å². The molecule has 140 valence electrons. The molecule has 0 saturated carbocycles. The molecule has 1 aromatic carbocycles. The topological polar surface area (TPSA) is 94.4 Å². The van der Waals surface area contributed by atoms with Gasteiger partial charge in [-0.15, -0.1) is 0 Å². The number of nitrogens with one attached hydrogen (secondary N) is 3. The Balaban J connectivity index is 2.16. The number of rotatable bonds is 2. The number of hydrogen-bond acceptors (Lipinski definition) is 3. The molecule has 0 aliphatic rings. The molecule has 0 fully saturated rings. The monoisotopic (exact) mass is 368 g/mol. The van der Waals surface area contributed by atoms with Crippen molar-refractivity contribution in [2.45, 2.75) is 33.1 Å². The van der Waals surface area contributed by atoms with Crippen LogP contribution in [0.1, 0.15) is 43.3 Å². The largest absolute Gasteiger partial charge is 0.348 e. The normalized spacial score (nSPS) is 13.4. The predicted octanol–water partition coefficient (Wildman–Crippen LogP) is 1.19. The molecule has 7 heteroatoms. The van der Waals surface area contributed by atoms with Crippen molar-refractivity contribution in [1.82, 2.24) is 19.9 Å². The zero-order chi connectivity index (χ0) is 19.8. The van der Waals surface area contributed by atoms with Crippen LogP contribution in [0.15, 0.2) is 34.1 Å². The van der Waals surface area contributed by atoms with Crippen molar-refractivity contribution >= 4 is 12.2 Å². The molecule has 3 N–H and O–H groups in total. The first-order chi connectivity index (χ1) is 12.7. The molecule has 3 aromatic rings. The van der Waals surface area contributed by atoms with Gasteiger partial charge < -0.3 is 15.0 Å². The average molecular weight is 368 g/mol. The van der Waals surface area contributed by atoms with Gasteiger partial charge in [0.05, 0.1) is 12.0 Å². The first-order valence-corrected chi connectivity index (χ1v) is 8.52. The molecule has 0 saturated heterocycles. The molecule has 0 unspecified atom stereocenters. The van der Waals surface area contributed by atoms with Gasteiger partial charge in [0.25, 0.3) is 11.1 Å². The van der Waals surface area contributed by atoms with Gasteiger partial charge in [0.2, 0.25) is 0 Å². The first-order valence-electron chi connectivity index (χ1n) is 8.52. The van der Waals surface area contributed by atoms with Crippen LogP contribution in [0, 0.1) is 12.7 Å². The number of nitrogens with zero attached hydrogens (tertiary/aromatic N) is 1. The van der Waals surface area contributed by atoms with Crippen molar-refractivity contribution in [2.75, 3.05) is 0 Å². The lowest BCUT2D eigenvalue weighted by molar-refractivity contribution is 0.571. The number of benzene rings is 1. The summed E-state index contributed by atoms with van der Waals surface area (Å²) in [5, 5.41) is 0.162. The maximum absolute atomic E-state index is 13.7. The van der Waals surface area contributed by atoms with E-state index in [0.29, 0.717) is 16.8 Å². The molecule has 0 aliphatic heterocycles. The average Bonchev–Trinajstić information content (AvgIpc) is 3.05. The minimum absolute atomic E-state index is 0.0592. The summed E-state index contributed by atoms with van der Waals surface area (Å²) in [5.41, 5.74) is 1.23. The second kappa shape index (κ2) is 6.83. The Morgan fingerprint density at radius 2 is 1.67 bits per heavy atom. The van der Waals surface area contributed by atoms with E-state index in [1.165, 1.54) is 18.2 Å². The zero-order valence-electron chi connectivity index (χ0n) is 15.6. The van der Waals surface area contributed by atoms with E-state index in [1.807, 2.05) is 20.8 Å². The standard InChI is InChI=1S/C20H21FN4O2/c1-11-12(6-5-7-13(11)21)8-15-18(26)25-16(19(27)24-15)9-14-17(20(2,3)4)23-10-22-14/h5-10H,1-4H3,(H,22,23)(H,24,27)(H,25,26).